The molecule has 5 unspecified atom stereocenters. The summed E-state index contributed by atoms with van der Waals surface area (Å²) < 4.78 is 0. The van der Waals surface area contributed by atoms with Gasteiger partial charge in [-0.05, 0) is 90.6 Å². The van der Waals surface area contributed by atoms with Crippen LogP contribution in [0.15, 0.2) is 24.3 Å². The van der Waals surface area contributed by atoms with Crippen LogP contribution >= 0.6 is 0 Å². The molecular formula is C26H42O. The fraction of sp³-hybridized carbons (Fsp3) is 0.769. The first-order valence-corrected chi connectivity index (χ1v) is 11.6. The van der Waals surface area contributed by atoms with Crippen molar-refractivity contribution < 1.29 is 5.11 Å². The Morgan fingerprint density at radius 3 is 2.48 bits per heavy atom. The molecule has 152 valence electrons. The lowest BCUT2D eigenvalue weighted by atomic mass is 9.52. The third-order valence-corrected chi connectivity index (χ3v) is 8.03. The highest BCUT2D eigenvalue weighted by Crippen LogP contribution is 2.62. The van der Waals surface area contributed by atoms with Crippen molar-refractivity contribution in [2.75, 3.05) is 0 Å². The van der Waals surface area contributed by atoms with Crippen LogP contribution in [0.5, 0.6) is 0 Å². The van der Waals surface area contributed by atoms with Crippen molar-refractivity contribution >= 4 is 0 Å². The third kappa shape index (κ3) is 3.86. The monoisotopic (exact) mass is 370 g/mol. The highest BCUT2D eigenvalue weighted by molar-refractivity contribution is 5.35. The topological polar surface area (TPSA) is 20.2 Å². The first kappa shape index (κ1) is 20.9. The minimum atomic E-state index is -0.0705. The molecule has 0 aliphatic heterocycles. The summed E-state index contributed by atoms with van der Waals surface area (Å²) in [6.45, 7) is 13.5. The Morgan fingerprint density at radius 2 is 1.78 bits per heavy atom. The van der Waals surface area contributed by atoms with Crippen molar-refractivity contribution in [3.8, 4) is 0 Å². The molecule has 0 spiro atoms. The summed E-state index contributed by atoms with van der Waals surface area (Å²) >= 11 is 0. The fourth-order valence-corrected chi connectivity index (χ4v) is 6.60. The summed E-state index contributed by atoms with van der Waals surface area (Å²) in [4.78, 5) is 0. The molecule has 0 amide bonds. The molecule has 1 nitrogen and oxygen atoms in total. The van der Waals surface area contributed by atoms with Crippen LogP contribution < -0.4 is 0 Å². The molecule has 1 N–H and O–H groups in total. The van der Waals surface area contributed by atoms with Gasteiger partial charge < -0.3 is 5.11 Å². The van der Waals surface area contributed by atoms with Crippen LogP contribution in [-0.4, -0.2) is 11.2 Å². The van der Waals surface area contributed by atoms with Gasteiger partial charge in [-0.1, -0.05) is 65.8 Å². The summed E-state index contributed by atoms with van der Waals surface area (Å²) in [7, 11) is 0. The summed E-state index contributed by atoms with van der Waals surface area (Å²) in [5, 5.41) is 10.7. The van der Waals surface area contributed by atoms with Gasteiger partial charge in [0.05, 0.1) is 6.10 Å². The second-order valence-electron chi connectivity index (χ2n) is 10.7. The fourth-order valence-electron chi connectivity index (χ4n) is 6.60. The first-order chi connectivity index (χ1) is 12.8. The van der Waals surface area contributed by atoms with Gasteiger partial charge in [-0.25, -0.2) is 0 Å². The number of hydrogen-bond donors (Lipinski definition) is 1. The van der Waals surface area contributed by atoms with Gasteiger partial charge in [-0.2, -0.15) is 0 Å². The highest BCUT2D eigenvalue weighted by Gasteiger charge is 2.56. The standard InChI is InChI=1S/C24H36O.C2H6/c1-23(2,3)13-11-17-15-16-7-5-6-8-18(16)19-12-14-24(4)20(22(17)19)9-10-21(24)25;1-2/h5-8,17,19-22,25H,9-15H2,1-4H3;1-2H3/t17-,19?,20?,21?,22?,24?;/m1./s1. The minimum Gasteiger partial charge on any atom is -0.393 e. The maximum atomic E-state index is 10.7. The van der Waals surface area contributed by atoms with Crippen LogP contribution in [-0.2, 0) is 6.42 Å². The van der Waals surface area contributed by atoms with E-state index in [2.05, 4.69) is 52.0 Å². The van der Waals surface area contributed by atoms with Gasteiger partial charge >= 0.3 is 0 Å². The van der Waals surface area contributed by atoms with Crippen LogP contribution in [0.2, 0.25) is 0 Å². The summed E-state index contributed by atoms with van der Waals surface area (Å²) in [6.07, 6.45) is 8.61. The predicted molar refractivity (Wildman–Crippen MR) is 116 cm³/mol. The van der Waals surface area contributed by atoms with E-state index in [-0.39, 0.29) is 11.5 Å². The first-order valence-electron chi connectivity index (χ1n) is 11.6. The molecule has 27 heavy (non-hydrogen) atoms. The van der Waals surface area contributed by atoms with Crippen molar-refractivity contribution in [3.63, 3.8) is 0 Å². The number of aliphatic hydroxyl groups excluding tert-OH is 1. The molecule has 0 aromatic heterocycles. The van der Waals surface area contributed by atoms with E-state index in [9.17, 15) is 5.11 Å². The zero-order valence-corrected chi connectivity index (χ0v) is 18.6. The molecule has 2 fully saturated rings. The predicted octanol–water partition coefficient (Wildman–Crippen LogP) is 6.98. The number of fused-ring (bicyclic) bond motifs is 5. The van der Waals surface area contributed by atoms with Crippen LogP contribution in [0.1, 0.15) is 97.1 Å². The van der Waals surface area contributed by atoms with Gasteiger partial charge in [-0.15, -0.1) is 0 Å². The van der Waals surface area contributed by atoms with E-state index < -0.39 is 0 Å². The molecule has 4 rings (SSSR count). The lowest BCUT2D eigenvalue weighted by molar-refractivity contribution is -0.0405. The smallest absolute Gasteiger partial charge is 0.0596 e. The van der Waals surface area contributed by atoms with Gasteiger partial charge in [0.2, 0.25) is 0 Å². The van der Waals surface area contributed by atoms with E-state index in [0.29, 0.717) is 5.41 Å². The Balaban J connectivity index is 0.00000102. The number of aliphatic hydroxyl groups is 1. The van der Waals surface area contributed by atoms with E-state index >= 15 is 0 Å². The quantitative estimate of drug-likeness (QED) is 0.595. The van der Waals surface area contributed by atoms with Gasteiger partial charge in [-0.3, -0.25) is 0 Å². The maximum Gasteiger partial charge on any atom is 0.0596 e. The van der Waals surface area contributed by atoms with Crippen LogP contribution in [0, 0.1) is 28.6 Å². The number of rotatable bonds is 2. The number of benzene rings is 1. The Bertz CT molecular complexity index is 627. The van der Waals surface area contributed by atoms with Crippen molar-refractivity contribution in [2.24, 2.45) is 28.6 Å². The van der Waals surface area contributed by atoms with Crippen LogP contribution in [0.25, 0.3) is 0 Å². The molecule has 1 heteroatoms. The van der Waals surface area contributed by atoms with Gasteiger partial charge in [0.15, 0.2) is 0 Å². The highest BCUT2D eigenvalue weighted by atomic mass is 16.3. The Hall–Kier alpha value is -0.820. The van der Waals surface area contributed by atoms with Crippen LogP contribution in [0.4, 0.5) is 0 Å². The van der Waals surface area contributed by atoms with E-state index in [1.54, 1.807) is 11.1 Å². The van der Waals surface area contributed by atoms with Crippen molar-refractivity contribution in [1.82, 2.24) is 0 Å². The van der Waals surface area contributed by atoms with Gasteiger partial charge in [0.1, 0.15) is 0 Å². The molecule has 2 saturated carbocycles. The Morgan fingerprint density at radius 1 is 1.07 bits per heavy atom. The molecule has 0 radical (unpaired) electrons. The molecular weight excluding hydrogens is 328 g/mol. The van der Waals surface area contributed by atoms with Gasteiger partial charge in [0, 0.05) is 0 Å². The summed E-state index contributed by atoms with van der Waals surface area (Å²) in [6, 6.07) is 9.25. The second kappa shape index (κ2) is 7.90. The largest absolute Gasteiger partial charge is 0.393 e. The normalized spacial score (nSPS) is 37.5. The zero-order valence-electron chi connectivity index (χ0n) is 18.6. The van der Waals surface area contributed by atoms with Crippen molar-refractivity contribution in [1.29, 1.82) is 0 Å². The molecule has 3 aliphatic rings. The number of hydrogen-bond acceptors (Lipinski definition) is 1. The Labute approximate surface area is 168 Å². The van der Waals surface area contributed by atoms with Gasteiger partial charge in [0.25, 0.3) is 0 Å². The van der Waals surface area contributed by atoms with E-state index in [4.69, 9.17) is 0 Å². The molecule has 3 aliphatic carbocycles. The van der Waals surface area contributed by atoms with E-state index in [1.165, 1.54) is 38.5 Å². The average molecular weight is 371 g/mol. The molecule has 1 aromatic rings. The summed E-state index contributed by atoms with van der Waals surface area (Å²) in [5.41, 5.74) is 3.85. The molecule has 0 heterocycles. The molecule has 0 bridgehead atoms. The zero-order chi connectivity index (χ0) is 19.8. The second-order valence-corrected chi connectivity index (χ2v) is 10.7. The maximum absolute atomic E-state index is 10.7. The molecule has 1 aromatic carbocycles. The average Bonchev–Trinajstić information content (AvgIpc) is 2.95. The lowest BCUT2D eigenvalue weighted by Crippen LogP contribution is -2.47. The van der Waals surface area contributed by atoms with E-state index in [1.807, 2.05) is 13.8 Å². The third-order valence-electron chi connectivity index (χ3n) is 8.03. The summed E-state index contributed by atoms with van der Waals surface area (Å²) in [5.74, 6) is 3.04. The SMILES string of the molecule is CC.CC(C)(C)CC[C@@H]1Cc2ccccc2C2CCC3(C)C(O)CCC3C21. The van der Waals surface area contributed by atoms with Crippen molar-refractivity contribution in [2.45, 2.75) is 98.5 Å². The van der Waals surface area contributed by atoms with E-state index in [0.717, 1.165) is 30.1 Å². The van der Waals surface area contributed by atoms with Crippen molar-refractivity contribution in [3.05, 3.63) is 35.4 Å². The Kier molecular flexibility index (Phi) is 6.11. The van der Waals surface area contributed by atoms with Crippen LogP contribution in [0.3, 0.4) is 0 Å². The minimum absolute atomic E-state index is 0.0705. The molecule has 6 atom stereocenters. The molecule has 0 saturated heterocycles. The lowest BCUT2D eigenvalue weighted by Gasteiger charge is -2.53.